The molecule has 0 bridgehead atoms. The third-order valence-corrected chi connectivity index (χ3v) is 7.51. The molecule has 0 fully saturated rings. The Morgan fingerprint density at radius 3 is 2.18 bits per heavy atom. The Morgan fingerprint density at radius 1 is 1.06 bits per heavy atom. The number of amides is 2. The maximum Gasteiger partial charge on any atom is 0.243 e. The van der Waals surface area contributed by atoms with Gasteiger partial charge in [-0.15, -0.1) is 0 Å². The van der Waals surface area contributed by atoms with Gasteiger partial charge in [0.05, 0.1) is 11.4 Å². The van der Waals surface area contributed by atoms with Crippen LogP contribution in [0.3, 0.4) is 0 Å². The SMILES string of the molecule is Cc1ccc(S(=O)(=O)N(C)CC(=O)N(Cc2ccc(Cl)cc2Cl)[C@@H](C)C(=O)NC(C)(C)C)cc1. The summed E-state index contributed by atoms with van der Waals surface area (Å²) in [5.41, 5.74) is 0.991. The van der Waals surface area contributed by atoms with Crippen molar-refractivity contribution in [2.45, 2.75) is 57.6 Å². The lowest BCUT2D eigenvalue weighted by atomic mass is 10.1. The van der Waals surface area contributed by atoms with E-state index in [0.717, 1.165) is 9.87 Å². The van der Waals surface area contributed by atoms with Gasteiger partial charge in [0.2, 0.25) is 21.8 Å². The smallest absolute Gasteiger partial charge is 0.243 e. The fourth-order valence-electron chi connectivity index (χ4n) is 3.15. The molecule has 1 N–H and O–H groups in total. The molecule has 2 aromatic rings. The summed E-state index contributed by atoms with van der Waals surface area (Å²) in [6.45, 7) is 8.51. The molecule has 0 aliphatic carbocycles. The first-order valence-corrected chi connectivity index (χ1v) is 12.9. The Bertz CT molecular complexity index is 1150. The highest BCUT2D eigenvalue weighted by atomic mass is 35.5. The zero-order valence-electron chi connectivity index (χ0n) is 20.2. The van der Waals surface area contributed by atoms with E-state index in [9.17, 15) is 18.0 Å². The van der Waals surface area contributed by atoms with Crippen molar-refractivity contribution in [2.75, 3.05) is 13.6 Å². The summed E-state index contributed by atoms with van der Waals surface area (Å²) in [5, 5.41) is 3.64. The van der Waals surface area contributed by atoms with E-state index in [2.05, 4.69) is 5.32 Å². The van der Waals surface area contributed by atoms with Crippen molar-refractivity contribution in [3.05, 3.63) is 63.6 Å². The maximum absolute atomic E-state index is 13.4. The summed E-state index contributed by atoms with van der Waals surface area (Å²) in [6.07, 6.45) is 0. The molecular weight excluding hydrogens is 497 g/mol. The average Bonchev–Trinajstić information content (AvgIpc) is 2.71. The van der Waals surface area contributed by atoms with Crippen LogP contribution in [-0.4, -0.2) is 54.6 Å². The van der Waals surface area contributed by atoms with Crippen LogP contribution in [0.25, 0.3) is 0 Å². The van der Waals surface area contributed by atoms with E-state index in [1.54, 1.807) is 37.3 Å². The van der Waals surface area contributed by atoms with Gasteiger partial charge >= 0.3 is 0 Å². The number of carbonyl (C=O) groups is 2. The van der Waals surface area contributed by atoms with Crippen LogP contribution in [-0.2, 0) is 26.2 Å². The van der Waals surface area contributed by atoms with Crippen LogP contribution >= 0.6 is 23.2 Å². The second-order valence-corrected chi connectivity index (χ2v) is 12.1. The summed E-state index contributed by atoms with van der Waals surface area (Å²) < 4.78 is 26.9. The molecule has 0 saturated heterocycles. The van der Waals surface area contributed by atoms with Crippen molar-refractivity contribution in [3.63, 3.8) is 0 Å². The summed E-state index contributed by atoms with van der Waals surface area (Å²) >= 11 is 12.3. The molecule has 2 rings (SSSR count). The Hall–Kier alpha value is -2.13. The number of hydrogen-bond acceptors (Lipinski definition) is 4. The quantitative estimate of drug-likeness (QED) is 0.555. The van der Waals surface area contributed by atoms with Crippen molar-refractivity contribution in [1.82, 2.24) is 14.5 Å². The number of carbonyl (C=O) groups excluding carboxylic acids is 2. The molecular formula is C24H31Cl2N3O4S. The molecule has 0 aromatic heterocycles. The van der Waals surface area contributed by atoms with Crippen LogP contribution in [0.1, 0.15) is 38.8 Å². The second kappa shape index (κ2) is 11.1. The lowest BCUT2D eigenvalue weighted by Gasteiger charge is -2.32. The monoisotopic (exact) mass is 527 g/mol. The third-order valence-electron chi connectivity index (χ3n) is 5.11. The Labute approximate surface area is 212 Å². The minimum atomic E-state index is -3.90. The van der Waals surface area contributed by atoms with Gasteiger partial charge in [-0.2, -0.15) is 4.31 Å². The van der Waals surface area contributed by atoms with E-state index in [0.29, 0.717) is 15.6 Å². The topological polar surface area (TPSA) is 86.8 Å². The predicted octanol–water partition coefficient (Wildman–Crippen LogP) is 4.25. The van der Waals surface area contributed by atoms with Gasteiger partial charge in [0.25, 0.3) is 0 Å². The largest absolute Gasteiger partial charge is 0.350 e. The summed E-state index contributed by atoms with van der Waals surface area (Å²) in [6, 6.07) is 10.4. The van der Waals surface area contributed by atoms with Gasteiger partial charge < -0.3 is 10.2 Å². The number of likely N-dealkylation sites (N-methyl/N-ethyl adjacent to an activating group) is 1. The van der Waals surface area contributed by atoms with Crippen molar-refractivity contribution in [3.8, 4) is 0 Å². The normalized spacial score (nSPS) is 13.0. The summed E-state index contributed by atoms with van der Waals surface area (Å²) in [4.78, 5) is 27.6. The number of benzene rings is 2. The lowest BCUT2D eigenvalue weighted by Crippen LogP contribution is -2.54. The maximum atomic E-state index is 13.4. The lowest BCUT2D eigenvalue weighted by molar-refractivity contribution is -0.141. The highest BCUT2D eigenvalue weighted by Crippen LogP contribution is 2.24. The molecule has 7 nitrogen and oxygen atoms in total. The molecule has 186 valence electrons. The highest BCUT2D eigenvalue weighted by molar-refractivity contribution is 7.89. The summed E-state index contributed by atoms with van der Waals surface area (Å²) in [7, 11) is -2.57. The first-order valence-electron chi connectivity index (χ1n) is 10.7. The number of sulfonamides is 1. The van der Waals surface area contributed by atoms with Gasteiger partial charge in [0.15, 0.2) is 0 Å². The minimum absolute atomic E-state index is 0.00594. The second-order valence-electron chi connectivity index (χ2n) is 9.25. The molecule has 0 radical (unpaired) electrons. The van der Waals surface area contributed by atoms with Crippen molar-refractivity contribution in [2.24, 2.45) is 0 Å². The van der Waals surface area contributed by atoms with E-state index in [1.165, 1.54) is 24.1 Å². The van der Waals surface area contributed by atoms with Crippen LogP contribution in [0.15, 0.2) is 47.4 Å². The van der Waals surface area contributed by atoms with E-state index in [4.69, 9.17) is 23.2 Å². The first-order chi connectivity index (χ1) is 15.6. The number of rotatable bonds is 8. The number of halogens is 2. The third kappa shape index (κ3) is 7.43. The van der Waals surface area contributed by atoms with E-state index in [1.807, 2.05) is 27.7 Å². The Kier molecular flexibility index (Phi) is 9.16. The molecule has 2 aromatic carbocycles. The van der Waals surface area contributed by atoms with E-state index in [-0.39, 0.29) is 17.3 Å². The highest BCUT2D eigenvalue weighted by Gasteiger charge is 2.31. The van der Waals surface area contributed by atoms with Gasteiger partial charge in [0, 0.05) is 29.2 Å². The molecule has 0 saturated carbocycles. The van der Waals surface area contributed by atoms with Gasteiger partial charge in [-0.25, -0.2) is 8.42 Å². The summed E-state index contributed by atoms with van der Waals surface area (Å²) in [5.74, 6) is -0.907. The van der Waals surface area contributed by atoms with Crippen LogP contribution in [0.2, 0.25) is 10.0 Å². The molecule has 34 heavy (non-hydrogen) atoms. The fraction of sp³-hybridized carbons (Fsp3) is 0.417. The Balaban J connectivity index is 2.33. The van der Waals surface area contributed by atoms with E-state index >= 15 is 0 Å². The van der Waals surface area contributed by atoms with Gasteiger partial charge in [-0.05, 0) is 64.4 Å². The number of nitrogens with one attached hydrogen (secondary N) is 1. The number of hydrogen-bond donors (Lipinski definition) is 1. The predicted molar refractivity (Wildman–Crippen MR) is 135 cm³/mol. The van der Waals surface area contributed by atoms with Crippen molar-refractivity contribution < 1.29 is 18.0 Å². The van der Waals surface area contributed by atoms with Gasteiger partial charge in [-0.3, -0.25) is 9.59 Å². The van der Waals surface area contributed by atoms with Gasteiger partial charge in [0.1, 0.15) is 6.04 Å². The van der Waals surface area contributed by atoms with Crippen LogP contribution < -0.4 is 5.32 Å². The molecule has 2 amide bonds. The van der Waals surface area contributed by atoms with Crippen LogP contribution in [0.4, 0.5) is 0 Å². The molecule has 1 atom stereocenters. The zero-order valence-corrected chi connectivity index (χ0v) is 22.6. The molecule has 0 aliphatic rings. The zero-order chi connectivity index (χ0) is 25.8. The molecule has 0 unspecified atom stereocenters. The van der Waals surface area contributed by atoms with Crippen molar-refractivity contribution >= 4 is 45.0 Å². The minimum Gasteiger partial charge on any atom is -0.350 e. The number of aryl methyl sites for hydroxylation is 1. The van der Waals surface area contributed by atoms with Crippen molar-refractivity contribution in [1.29, 1.82) is 0 Å². The molecule has 10 heteroatoms. The van der Waals surface area contributed by atoms with Crippen LogP contribution in [0, 0.1) is 6.92 Å². The first kappa shape index (κ1) is 28.1. The number of nitrogens with zero attached hydrogens (tertiary/aromatic N) is 2. The average molecular weight is 529 g/mol. The molecule has 0 spiro atoms. The van der Waals surface area contributed by atoms with Gasteiger partial charge in [-0.1, -0.05) is 47.0 Å². The van der Waals surface area contributed by atoms with E-state index < -0.39 is 34.1 Å². The molecule has 0 heterocycles. The standard InChI is InChI=1S/C24H31Cl2N3O4S/c1-16-7-11-20(12-8-16)34(32,33)28(6)15-22(30)29(17(2)23(31)27-24(3,4)5)14-18-9-10-19(25)13-21(18)26/h7-13,17H,14-15H2,1-6H3,(H,27,31)/t17-/m0/s1. The van der Waals surface area contributed by atoms with Crippen LogP contribution in [0.5, 0.6) is 0 Å². The Morgan fingerprint density at radius 2 is 1.65 bits per heavy atom. The fourth-order valence-corrected chi connectivity index (χ4v) is 4.74. The molecule has 0 aliphatic heterocycles.